The third kappa shape index (κ3) is 3.62. The fourth-order valence-electron chi connectivity index (χ4n) is 2.87. The van der Waals surface area contributed by atoms with E-state index in [0.717, 1.165) is 5.69 Å². The third-order valence-electron chi connectivity index (χ3n) is 4.03. The standard InChI is InChI=1S/C17H23N3O3S/c1-12(2)18-17(24)20-11-15(16(21)19-7-9-22-10-8-19)23-14-6-4-3-5-13(14)20/h3-6,12,15H,7-11H2,1-2H3,(H,18,24)/t15-/m0/s1. The fraction of sp³-hybridized carbons (Fsp3) is 0.529. The molecular weight excluding hydrogens is 326 g/mol. The van der Waals surface area contributed by atoms with Crippen LogP contribution in [0.5, 0.6) is 5.75 Å². The molecule has 1 amide bonds. The Hall–Kier alpha value is -1.86. The number of nitrogens with zero attached hydrogens (tertiary/aromatic N) is 2. The molecule has 1 aromatic rings. The Morgan fingerprint density at radius 1 is 1.29 bits per heavy atom. The number of rotatable bonds is 2. The lowest BCUT2D eigenvalue weighted by molar-refractivity contribution is -0.142. The lowest BCUT2D eigenvalue weighted by Gasteiger charge is -2.38. The van der Waals surface area contributed by atoms with Crippen molar-refractivity contribution in [1.29, 1.82) is 0 Å². The minimum atomic E-state index is -0.565. The van der Waals surface area contributed by atoms with Gasteiger partial charge in [-0.3, -0.25) is 4.79 Å². The molecule has 7 heteroatoms. The van der Waals surface area contributed by atoms with Crippen molar-refractivity contribution in [2.24, 2.45) is 0 Å². The number of hydrogen-bond donors (Lipinski definition) is 1. The van der Waals surface area contributed by atoms with E-state index in [-0.39, 0.29) is 11.9 Å². The molecule has 0 spiro atoms. The van der Waals surface area contributed by atoms with Crippen LogP contribution in [-0.4, -0.2) is 60.9 Å². The summed E-state index contributed by atoms with van der Waals surface area (Å²) in [5.41, 5.74) is 0.890. The van der Waals surface area contributed by atoms with E-state index >= 15 is 0 Å². The number of anilines is 1. The molecule has 24 heavy (non-hydrogen) atoms. The number of ether oxygens (including phenoxy) is 2. The van der Waals surface area contributed by atoms with E-state index in [1.165, 1.54) is 0 Å². The van der Waals surface area contributed by atoms with Gasteiger partial charge in [0, 0.05) is 19.1 Å². The number of thiocarbonyl (C=S) groups is 1. The predicted molar refractivity (Wildman–Crippen MR) is 96.5 cm³/mol. The summed E-state index contributed by atoms with van der Waals surface area (Å²) in [6.45, 7) is 6.85. The average molecular weight is 349 g/mol. The number of carbonyl (C=O) groups is 1. The van der Waals surface area contributed by atoms with Crippen LogP contribution in [0.4, 0.5) is 5.69 Å². The number of morpholine rings is 1. The SMILES string of the molecule is CC(C)NC(=S)N1C[C@@H](C(=O)N2CCOCC2)Oc2ccccc21. The number of nitrogens with one attached hydrogen (secondary N) is 1. The van der Waals surface area contributed by atoms with Crippen LogP contribution in [0, 0.1) is 0 Å². The van der Waals surface area contributed by atoms with Crippen LogP contribution >= 0.6 is 12.2 Å². The summed E-state index contributed by atoms with van der Waals surface area (Å²) in [6, 6.07) is 7.90. The monoisotopic (exact) mass is 349 g/mol. The van der Waals surface area contributed by atoms with E-state index in [1.807, 2.05) is 43.0 Å². The Kier molecular flexibility index (Phi) is 5.20. The number of fused-ring (bicyclic) bond motifs is 1. The predicted octanol–water partition coefficient (Wildman–Crippen LogP) is 1.40. The smallest absolute Gasteiger partial charge is 0.265 e. The summed E-state index contributed by atoms with van der Waals surface area (Å²) in [4.78, 5) is 16.6. The molecule has 2 aliphatic heterocycles. The van der Waals surface area contributed by atoms with Gasteiger partial charge in [0.2, 0.25) is 0 Å². The number of carbonyl (C=O) groups excluding carboxylic acids is 1. The number of benzene rings is 1. The highest BCUT2D eigenvalue weighted by atomic mass is 32.1. The van der Waals surface area contributed by atoms with Crippen LogP contribution in [0.15, 0.2) is 24.3 Å². The Morgan fingerprint density at radius 2 is 2.00 bits per heavy atom. The van der Waals surface area contributed by atoms with Gasteiger partial charge in [0.15, 0.2) is 11.2 Å². The Labute approximate surface area is 147 Å². The van der Waals surface area contributed by atoms with Crippen LogP contribution in [0.2, 0.25) is 0 Å². The molecule has 1 saturated heterocycles. The van der Waals surface area contributed by atoms with Gasteiger partial charge in [-0.15, -0.1) is 0 Å². The number of amides is 1. The van der Waals surface area contributed by atoms with Gasteiger partial charge in [-0.1, -0.05) is 12.1 Å². The van der Waals surface area contributed by atoms with Crippen molar-refractivity contribution in [3.63, 3.8) is 0 Å². The summed E-state index contributed by atoms with van der Waals surface area (Å²) < 4.78 is 11.3. The maximum absolute atomic E-state index is 12.8. The topological polar surface area (TPSA) is 54.0 Å². The van der Waals surface area contributed by atoms with E-state index < -0.39 is 6.10 Å². The highest BCUT2D eigenvalue weighted by Gasteiger charge is 2.35. The van der Waals surface area contributed by atoms with Gasteiger partial charge >= 0.3 is 0 Å². The van der Waals surface area contributed by atoms with Crippen molar-refractivity contribution in [1.82, 2.24) is 10.2 Å². The van der Waals surface area contributed by atoms with Crippen LogP contribution < -0.4 is 15.0 Å². The Morgan fingerprint density at radius 3 is 2.71 bits per heavy atom. The van der Waals surface area contributed by atoms with E-state index in [1.54, 1.807) is 4.90 Å². The van der Waals surface area contributed by atoms with Gasteiger partial charge in [-0.25, -0.2) is 0 Å². The lowest BCUT2D eigenvalue weighted by Crippen LogP contribution is -2.56. The second-order valence-corrected chi connectivity index (χ2v) is 6.61. The zero-order valence-electron chi connectivity index (χ0n) is 14.0. The molecule has 2 aliphatic rings. The molecule has 1 N–H and O–H groups in total. The van der Waals surface area contributed by atoms with Gasteiger partial charge in [0.1, 0.15) is 5.75 Å². The van der Waals surface area contributed by atoms with Crippen LogP contribution in [0.3, 0.4) is 0 Å². The first-order valence-corrected chi connectivity index (χ1v) is 8.67. The molecule has 1 fully saturated rings. The first-order chi connectivity index (χ1) is 11.6. The zero-order chi connectivity index (χ0) is 17.1. The zero-order valence-corrected chi connectivity index (χ0v) is 14.8. The van der Waals surface area contributed by atoms with Gasteiger partial charge < -0.3 is 24.6 Å². The first-order valence-electron chi connectivity index (χ1n) is 8.26. The number of hydrogen-bond acceptors (Lipinski definition) is 4. The molecular formula is C17H23N3O3S. The van der Waals surface area contributed by atoms with Crippen molar-refractivity contribution in [2.75, 3.05) is 37.7 Å². The van der Waals surface area contributed by atoms with Crippen LogP contribution in [0.25, 0.3) is 0 Å². The highest BCUT2D eigenvalue weighted by Crippen LogP contribution is 2.33. The highest BCUT2D eigenvalue weighted by molar-refractivity contribution is 7.80. The molecule has 3 rings (SSSR count). The maximum Gasteiger partial charge on any atom is 0.265 e. The van der Waals surface area contributed by atoms with E-state index in [9.17, 15) is 4.79 Å². The summed E-state index contributed by atoms with van der Waals surface area (Å²) in [5.74, 6) is 0.674. The molecule has 130 valence electrons. The second kappa shape index (κ2) is 7.36. The van der Waals surface area contributed by atoms with Gasteiger partial charge in [-0.05, 0) is 38.2 Å². The number of para-hydroxylation sites is 2. The van der Waals surface area contributed by atoms with Gasteiger partial charge in [0.05, 0.1) is 25.4 Å². The van der Waals surface area contributed by atoms with Crippen LogP contribution in [0.1, 0.15) is 13.8 Å². The molecule has 1 atom stereocenters. The molecule has 1 aromatic carbocycles. The van der Waals surface area contributed by atoms with Crippen LogP contribution in [-0.2, 0) is 9.53 Å². The molecule has 6 nitrogen and oxygen atoms in total. The van der Waals surface area contributed by atoms with E-state index in [0.29, 0.717) is 43.7 Å². The molecule has 0 aromatic heterocycles. The van der Waals surface area contributed by atoms with Crippen molar-refractivity contribution in [2.45, 2.75) is 26.0 Å². The van der Waals surface area contributed by atoms with Crippen molar-refractivity contribution in [3.8, 4) is 5.75 Å². The molecule has 0 radical (unpaired) electrons. The summed E-state index contributed by atoms with van der Waals surface area (Å²) >= 11 is 5.54. The Bertz CT molecular complexity index is 617. The maximum atomic E-state index is 12.8. The lowest BCUT2D eigenvalue weighted by atomic mass is 10.1. The molecule has 0 bridgehead atoms. The average Bonchev–Trinajstić information content (AvgIpc) is 2.60. The first kappa shape index (κ1) is 17.0. The minimum Gasteiger partial charge on any atom is -0.476 e. The minimum absolute atomic E-state index is 0.00912. The quantitative estimate of drug-likeness (QED) is 0.815. The van der Waals surface area contributed by atoms with E-state index in [4.69, 9.17) is 21.7 Å². The van der Waals surface area contributed by atoms with Crippen molar-refractivity contribution >= 4 is 28.9 Å². The molecule has 0 aliphatic carbocycles. The van der Waals surface area contributed by atoms with Crippen molar-refractivity contribution < 1.29 is 14.3 Å². The normalized spacial score (nSPS) is 20.4. The largest absolute Gasteiger partial charge is 0.476 e. The summed E-state index contributed by atoms with van der Waals surface area (Å²) in [6.07, 6.45) is -0.565. The third-order valence-corrected chi connectivity index (χ3v) is 4.37. The second-order valence-electron chi connectivity index (χ2n) is 6.23. The molecule has 0 unspecified atom stereocenters. The molecule has 2 heterocycles. The summed E-state index contributed by atoms with van der Waals surface area (Å²) in [7, 11) is 0. The van der Waals surface area contributed by atoms with Crippen molar-refractivity contribution in [3.05, 3.63) is 24.3 Å². The molecule has 0 saturated carbocycles. The van der Waals surface area contributed by atoms with Gasteiger partial charge in [0.25, 0.3) is 5.91 Å². The Balaban J connectivity index is 1.81. The van der Waals surface area contributed by atoms with E-state index in [2.05, 4.69) is 5.32 Å². The fourth-order valence-corrected chi connectivity index (χ4v) is 3.28. The summed E-state index contributed by atoms with van der Waals surface area (Å²) in [5, 5.41) is 3.86. The van der Waals surface area contributed by atoms with Gasteiger partial charge in [-0.2, -0.15) is 0 Å².